The number of pyridine rings is 1. The van der Waals surface area contributed by atoms with Gasteiger partial charge in [-0.2, -0.15) is 17.0 Å². The molecule has 4 nitrogen and oxygen atoms in total. The average molecular weight is 457 g/mol. The van der Waals surface area contributed by atoms with Crippen LogP contribution in [0.15, 0.2) is 52.9 Å². The highest BCUT2D eigenvalue weighted by atomic mass is 32.2. The summed E-state index contributed by atoms with van der Waals surface area (Å²) in [6.07, 6.45) is 5.02. The maximum Gasteiger partial charge on any atom is 0.302 e. The lowest BCUT2D eigenvalue weighted by Crippen LogP contribution is -2.01. The van der Waals surface area contributed by atoms with Crippen molar-refractivity contribution in [2.45, 2.75) is 36.5 Å². The van der Waals surface area contributed by atoms with Crippen molar-refractivity contribution in [1.29, 1.82) is 5.26 Å². The number of carbonyl (C=O) groups excluding carboxylic acids is 1. The molecule has 0 radical (unpaired) electrons. The minimum Gasteiger partial charge on any atom is -0.466 e. The number of nitriles is 1. The number of benzene rings is 1. The lowest BCUT2D eigenvalue weighted by molar-refractivity contribution is -0.141. The minimum absolute atomic E-state index is 0.224. The van der Waals surface area contributed by atoms with E-state index >= 15 is 0 Å². The molecule has 1 unspecified atom stereocenters. The highest BCUT2D eigenvalue weighted by Gasteiger charge is 2.21. The van der Waals surface area contributed by atoms with Gasteiger partial charge in [0, 0.05) is 17.6 Å². The Balaban J connectivity index is 1.69. The van der Waals surface area contributed by atoms with E-state index in [-0.39, 0.29) is 5.97 Å². The Bertz CT molecular complexity index is 918. The van der Waals surface area contributed by atoms with E-state index in [1.54, 1.807) is 23.5 Å². The fraction of sp³-hybridized carbons (Fsp3) is 0.348. The molecule has 2 heterocycles. The number of esters is 1. The molecule has 0 amide bonds. The minimum atomic E-state index is -0.224. The number of nitrogens with zero attached hydrogens (tertiary/aromatic N) is 2. The van der Waals surface area contributed by atoms with E-state index in [0.29, 0.717) is 17.4 Å². The summed E-state index contributed by atoms with van der Waals surface area (Å²) in [5.41, 5.74) is 3.70. The highest BCUT2D eigenvalue weighted by Crippen LogP contribution is 2.41. The third kappa shape index (κ3) is 6.56. The third-order valence-corrected chi connectivity index (χ3v) is 7.89. The number of rotatable bonds is 10. The molecule has 0 aliphatic carbocycles. The smallest absolute Gasteiger partial charge is 0.302 e. The summed E-state index contributed by atoms with van der Waals surface area (Å²) in [6, 6.07) is 14.6. The van der Waals surface area contributed by atoms with Crippen LogP contribution in [-0.2, 0) is 9.53 Å². The molecular weight excluding hydrogens is 432 g/mol. The SMILES string of the molecule is CC(=O)OCCCCSCSc1nc(C2CC=CS2)cc(-c2ccccc2)c1C#N. The summed E-state index contributed by atoms with van der Waals surface area (Å²) in [7, 11) is 0. The van der Waals surface area contributed by atoms with Gasteiger partial charge in [-0.3, -0.25) is 4.79 Å². The van der Waals surface area contributed by atoms with E-state index in [0.717, 1.165) is 51.9 Å². The lowest BCUT2D eigenvalue weighted by Gasteiger charge is -2.15. The zero-order chi connectivity index (χ0) is 21.2. The molecule has 0 spiro atoms. The van der Waals surface area contributed by atoms with Crippen LogP contribution in [0.4, 0.5) is 0 Å². The van der Waals surface area contributed by atoms with Crippen molar-refractivity contribution in [1.82, 2.24) is 4.98 Å². The summed E-state index contributed by atoms with van der Waals surface area (Å²) in [6.45, 7) is 1.92. The summed E-state index contributed by atoms with van der Waals surface area (Å²) in [5.74, 6) is 0.766. The van der Waals surface area contributed by atoms with Gasteiger partial charge in [-0.05, 0) is 42.1 Å². The van der Waals surface area contributed by atoms with Crippen LogP contribution in [-0.4, -0.2) is 28.4 Å². The molecule has 1 aliphatic rings. The Morgan fingerprint density at radius 2 is 2.17 bits per heavy atom. The van der Waals surface area contributed by atoms with Crippen molar-refractivity contribution < 1.29 is 9.53 Å². The standard InChI is InChI=1S/C23H24N2O2S3/c1-17(26)27-11-5-6-12-28-16-30-23-20(15-24)19(18-8-3-2-4-9-18)14-21(25-23)22-10-7-13-29-22/h2-4,7-9,13-14,22H,5-6,10-12,16H2,1H3. The van der Waals surface area contributed by atoms with Crippen LogP contribution in [0.2, 0.25) is 0 Å². The highest BCUT2D eigenvalue weighted by molar-refractivity contribution is 8.16. The Hall–Kier alpha value is -1.88. The predicted octanol–water partition coefficient (Wildman–Crippen LogP) is 6.44. The quantitative estimate of drug-likeness (QED) is 0.176. The van der Waals surface area contributed by atoms with Crippen LogP contribution in [0.1, 0.15) is 42.7 Å². The van der Waals surface area contributed by atoms with Gasteiger partial charge in [0.05, 0.1) is 23.1 Å². The molecule has 0 bridgehead atoms. The first kappa shape index (κ1) is 22.8. The number of hydrogen-bond donors (Lipinski definition) is 0. The monoisotopic (exact) mass is 456 g/mol. The van der Waals surface area contributed by atoms with E-state index < -0.39 is 0 Å². The summed E-state index contributed by atoms with van der Waals surface area (Å²) in [5, 5.41) is 14.0. The summed E-state index contributed by atoms with van der Waals surface area (Å²) in [4.78, 5) is 15.7. The van der Waals surface area contributed by atoms with Gasteiger partial charge in [-0.1, -0.05) is 48.2 Å². The van der Waals surface area contributed by atoms with Crippen molar-refractivity contribution in [3.05, 3.63) is 59.1 Å². The van der Waals surface area contributed by atoms with Gasteiger partial charge in [0.25, 0.3) is 0 Å². The van der Waals surface area contributed by atoms with Gasteiger partial charge in [0.2, 0.25) is 0 Å². The summed E-state index contributed by atoms with van der Waals surface area (Å²) >= 11 is 5.24. The second-order valence-electron chi connectivity index (χ2n) is 6.70. The number of hydrogen-bond acceptors (Lipinski definition) is 7. The molecular formula is C23H24N2O2S3. The fourth-order valence-electron chi connectivity index (χ4n) is 3.02. The molecule has 156 valence electrons. The van der Waals surface area contributed by atoms with Gasteiger partial charge in [-0.15, -0.1) is 11.8 Å². The van der Waals surface area contributed by atoms with E-state index in [4.69, 9.17) is 9.72 Å². The zero-order valence-corrected chi connectivity index (χ0v) is 19.3. The first-order valence-corrected chi connectivity index (χ1v) is 12.9. The van der Waals surface area contributed by atoms with Gasteiger partial charge in [0.15, 0.2) is 0 Å². The predicted molar refractivity (Wildman–Crippen MR) is 128 cm³/mol. The van der Waals surface area contributed by atoms with Gasteiger partial charge >= 0.3 is 5.97 Å². The number of aromatic nitrogens is 1. The Morgan fingerprint density at radius 1 is 1.33 bits per heavy atom. The molecule has 1 aliphatic heterocycles. The van der Waals surface area contributed by atoms with Crippen molar-refractivity contribution in [2.24, 2.45) is 0 Å². The number of allylic oxidation sites excluding steroid dienone is 1. The van der Waals surface area contributed by atoms with Crippen LogP contribution in [0.25, 0.3) is 11.1 Å². The van der Waals surface area contributed by atoms with E-state index in [2.05, 4.69) is 23.6 Å². The topological polar surface area (TPSA) is 63.0 Å². The van der Waals surface area contributed by atoms with Crippen LogP contribution >= 0.6 is 35.3 Å². The second-order valence-corrected chi connectivity index (χ2v) is 10.3. The first-order valence-electron chi connectivity index (χ1n) is 9.84. The molecule has 7 heteroatoms. The van der Waals surface area contributed by atoms with Crippen LogP contribution in [0, 0.1) is 11.3 Å². The molecule has 2 aromatic rings. The van der Waals surface area contributed by atoms with Crippen molar-refractivity contribution in [2.75, 3.05) is 17.4 Å². The number of carbonyl (C=O) groups is 1. The molecule has 30 heavy (non-hydrogen) atoms. The van der Waals surface area contributed by atoms with E-state index in [1.807, 2.05) is 42.1 Å². The summed E-state index contributed by atoms with van der Waals surface area (Å²) < 4.78 is 4.96. The molecule has 0 saturated carbocycles. The number of thioether (sulfide) groups is 3. The average Bonchev–Trinajstić information content (AvgIpc) is 3.30. The largest absolute Gasteiger partial charge is 0.466 e. The van der Waals surface area contributed by atoms with Gasteiger partial charge in [-0.25, -0.2) is 4.98 Å². The normalized spacial score (nSPS) is 15.1. The fourth-order valence-corrected chi connectivity index (χ4v) is 6.04. The maximum absolute atomic E-state index is 10.8. The number of ether oxygens (including phenoxy) is 1. The Morgan fingerprint density at radius 3 is 2.87 bits per heavy atom. The van der Waals surface area contributed by atoms with Crippen LogP contribution in [0.3, 0.4) is 0 Å². The Labute approximate surface area is 190 Å². The van der Waals surface area contributed by atoms with Gasteiger partial charge in [0.1, 0.15) is 11.1 Å². The number of unbranched alkanes of at least 4 members (excludes halogenated alkanes) is 1. The van der Waals surface area contributed by atoms with E-state index in [9.17, 15) is 10.1 Å². The Kier molecular flexibility index (Phi) is 9.19. The molecule has 3 rings (SSSR count). The lowest BCUT2D eigenvalue weighted by atomic mass is 10.00. The maximum atomic E-state index is 10.8. The molecule has 1 aromatic carbocycles. The second kappa shape index (κ2) is 12.1. The van der Waals surface area contributed by atoms with Crippen molar-refractivity contribution in [3.63, 3.8) is 0 Å². The molecule has 0 fully saturated rings. The van der Waals surface area contributed by atoms with Crippen molar-refractivity contribution in [3.8, 4) is 17.2 Å². The van der Waals surface area contributed by atoms with E-state index in [1.165, 1.54) is 6.92 Å². The van der Waals surface area contributed by atoms with Crippen LogP contribution < -0.4 is 0 Å². The third-order valence-electron chi connectivity index (χ3n) is 4.49. The van der Waals surface area contributed by atoms with Gasteiger partial charge < -0.3 is 4.74 Å². The van der Waals surface area contributed by atoms with Crippen LogP contribution in [0.5, 0.6) is 0 Å². The molecule has 1 atom stereocenters. The molecule has 0 saturated heterocycles. The molecule has 0 N–H and O–H groups in total. The van der Waals surface area contributed by atoms with Crippen molar-refractivity contribution >= 4 is 41.3 Å². The first-order chi connectivity index (χ1) is 14.7. The zero-order valence-electron chi connectivity index (χ0n) is 16.9. The molecule has 1 aromatic heterocycles.